The topological polar surface area (TPSA) is 79.5 Å². The summed E-state index contributed by atoms with van der Waals surface area (Å²) in [5.41, 5.74) is 2.72. The maximum absolute atomic E-state index is 13.5. The smallest absolute Gasteiger partial charge is 0.253 e. The Bertz CT molecular complexity index is 1090. The van der Waals surface area contributed by atoms with E-state index >= 15 is 0 Å². The van der Waals surface area contributed by atoms with E-state index in [9.17, 15) is 14.0 Å². The lowest BCUT2D eigenvalue weighted by molar-refractivity contribution is -0.131. The van der Waals surface area contributed by atoms with Gasteiger partial charge in [0.25, 0.3) is 5.91 Å². The molecule has 0 aliphatic carbocycles. The Balaban J connectivity index is 1.58. The normalized spacial score (nSPS) is 10.8. The summed E-state index contributed by atoms with van der Waals surface area (Å²) < 4.78 is 18.7. The lowest BCUT2D eigenvalue weighted by Crippen LogP contribution is -2.30. The van der Waals surface area contributed by atoms with Crippen molar-refractivity contribution in [2.45, 2.75) is 33.2 Å². The highest BCUT2D eigenvalue weighted by Crippen LogP contribution is 2.19. The molecule has 0 saturated heterocycles. The Morgan fingerprint density at radius 2 is 1.81 bits per heavy atom. The van der Waals surface area contributed by atoms with E-state index in [0.29, 0.717) is 47.9 Å². The number of aryl methyl sites for hydroxylation is 2. The predicted octanol–water partition coefficient (Wildman–Crippen LogP) is 3.87. The molecule has 0 aliphatic heterocycles. The van der Waals surface area contributed by atoms with Crippen LogP contribution in [0.5, 0.6) is 0 Å². The van der Waals surface area contributed by atoms with Crippen molar-refractivity contribution in [2.75, 3.05) is 20.6 Å². The van der Waals surface area contributed by atoms with Gasteiger partial charge in [-0.15, -0.1) is 0 Å². The number of nitrogens with zero attached hydrogens (tertiary/aromatic N) is 4. The molecule has 0 atom stereocenters. The first-order valence-electron chi connectivity index (χ1n) is 10.5. The van der Waals surface area contributed by atoms with Gasteiger partial charge in [-0.25, -0.2) is 4.39 Å². The molecule has 32 heavy (non-hydrogen) atoms. The van der Waals surface area contributed by atoms with E-state index in [-0.39, 0.29) is 24.1 Å². The van der Waals surface area contributed by atoms with E-state index in [0.717, 1.165) is 5.56 Å². The Labute approximate surface area is 186 Å². The van der Waals surface area contributed by atoms with Crippen LogP contribution in [0, 0.1) is 12.7 Å². The zero-order valence-electron chi connectivity index (χ0n) is 18.8. The van der Waals surface area contributed by atoms with E-state index in [4.69, 9.17) is 4.52 Å². The van der Waals surface area contributed by atoms with Gasteiger partial charge < -0.3 is 14.3 Å². The number of carbonyl (C=O) groups is 2. The molecule has 0 spiro atoms. The van der Waals surface area contributed by atoms with Gasteiger partial charge in [-0.2, -0.15) is 4.98 Å². The third-order valence-electron chi connectivity index (χ3n) is 5.15. The maximum Gasteiger partial charge on any atom is 0.253 e. The number of halogens is 1. The van der Waals surface area contributed by atoms with Crippen LogP contribution in [-0.4, -0.2) is 52.4 Å². The molecule has 1 aromatic heterocycles. The van der Waals surface area contributed by atoms with Crippen LogP contribution >= 0.6 is 0 Å². The van der Waals surface area contributed by atoms with Crippen molar-refractivity contribution in [3.63, 3.8) is 0 Å². The fraction of sp³-hybridized carbons (Fsp3) is 0.333. The van der Waals surface area contributed by atoms with E-state index in [2.05, 4.69) is 10.1 Å². The SMILES string of the molecule is CCN(Cc1ccc(C(=O)N(C)C)cc1)C(=O)CCc1nc(-c2ccc(F)c(C)c2)no1. The summed E-state index contributed by atoms with van der Waals surface area (Å²) in [5.74, 6) is 0.350. The molecule has 7 nitrogen and oxygen atoms in total. The van der Waals surface area contributed by atoms with Gasteiger partial charge in [-0.05, 0) is 55.3 Å². The first-order valence-corrected chi connectivity index (χ1v) is 10.5. The van der Waals surface area contributed by atoms with Crippen LogP contribution in [-0.2, 0) is 17.8 Å². The van der Waals surface area contributed by atoms with Crippen LogP contribution < -0.4 is 0 Å². The van der Waals surface area contributed by atoms with Crippen molar-refractivity contribution in [3.8, 4) is 11.4 Å². The van der Waals surface area contributed by atoms with Gasteiger partial charge in [0, 0.05) is 51.2 Å². The Morgan fingerprint density at radius 3 is 2.44 bits per heavy atom. The molecule has 0 fully saturated rings. The first kappa shape index (κ1) is 23.1. The summed E-state index contributed by atoms with van der Waals surface area (Å²) in [7, 11) is 3.42. The average molecular weight is 439 g/mol. The predicted molar refractivity (Wildman–Crippen MR) is 118 cm³/mol. The number of hydrogen-bond acceptors (Lipinski definition) is 5. The minimum absolute atomic E-state index is 0.0293. The van der Waals surface area contributed by atoms with Crippen molar-refractivity contribution < 1.29 is 18.5 Å². The zero-order valence-corrected chi connectivity index (χ0v) is 18.8. The Hall–Kier alpha value is -3.55. The van der Waals surface area contributed by atoms with Crippen LogP contribution in [0.25, 0.3) is 11.4 Å². The highest BCUT2D eigenvalue weighted by molar-refractivity contribution is 5.93. The lowest BCUT2D eigenvalue weighted by atomic mass is 10.1. The third-order valence-corrected chi connectivity index (χ3v) is 5.15. The van der Waals surface area contributed by atoms with Gasteiger partial charge in [-0.3, -0.25) is 9.59 Å². The molecule has 0 aliphatic rings. The number of hydrogen-bond donors (Lipinski definition) is 0. The second-order valence-electron chi connectivity index (χ2n) is 7.78. The molecule has 0 N–H and O–H groups in total. The molecule has 3 rings (SSSR count). The van der Waals surface area contributed by atoms with Crippen LogP contribution in [0.3, 0.4) is 0 Å². The second-order valence-corrected chi connectivity index (χ2v) is 7.78. The molecule has 0 saturated carbocycles. The van der Waals surface area contributed by atoms with Crippen molar-refractivity contribution in [1.29, 1.82) is 0 Å². The van der Waals surface area contributed by atoms with Crippen LogP contribution in [0.2, 0.25) is 0 Å². The van der Waals surface area contributed by atoms with E-state index in [1.54, 1.807) is 50.2 Å². The molecular formula is C24H27FN4O3. The molecule has 0 unspecified atom stereocenters. The molecule has 168 valence electrons. The van der Waals surface area contributed by atoms with E-state index in [1.165, 1.54) is 11.0 Å². The highest BCUT2D eigenvalue weighted by Gasteiger charge is 2.16. The molecule has 2 amide bonds. The van der Waals surface area contributed by atoms with Gasteiger partial charge in [0.1, 0.15) is 5.82 Å². The van der Waals surface area contributed by atoms with Crippen molar-refractivity contribution in [2.24, 2.45) is 0 Å². The standard InChI is InChI=1S/C24H27FN4O3/c1-5-29(15-17-6-8-18(9-7-17)24(31)28(3)4)22(30)13-12-21-26-23(27-32-21)19-10-11-20(25)16(2)14-19/h6-11,14H,5,12-13,15H2,1-4H3. The average Bonchev–Trinajstić information content (AvgIpc) is 3.26. The molecule has 0 bridgehead atoms. The number of amides is 2. The van der Waals surface area contributed by atoms with Crippen molar-refractivity contribution in [3.05, 3.63) is 70.9 Å². The lowest BCUT2D eigenvalue weighted by Gasteiger charge is -2.21. The van der Waals surface area contributed by atoms with Gasteiger partial charge >= 0.3 is 0 Å². The Morgan fingerprint density at radius 1 is 1.09 bits per heavy atom. The largest absolute Gasteiger partial charge is 0.345 e. The summed E-state index contributed by atoms with van der Waals surface area (Å²) in [5, 5.41) is 3.94. The van der Waals surface area contributed by atoms with Crippen molar-refractivity contribution >= 4 is 11.8 Å². The van der Waals surface area contributed by atoms with Gasteiger partial charge in [0.05, 0.1) is 0 Å². The molecule has 1 heterocycles. The molecule has 3 aromatic rings. The summed E-state index contributed by atoms with van der Waals surface area (Å²) >= 11 is 0. The van der Waals surface area contributed by atoms with Crippen LogP contribution in [0.1, 0.15) is 40.7 Å². The van der Waals surface area contributed by atoms with Gasteiger partial charge in [0.15, 0.2) is 0 Å². The maximum atomic E-state index is 13.5. The minimum Gasteiger partial charge on any atom is -0.345 e. The molecule has 0 radical (unpaired) electrons. The number of benzene rings is 2. The first-order chi connectivity index (χ1) is 15.3. The van der Waals surface area contributed by atoms with E-state index < -0.39 is 0 Å². The molecule has 8 heteroatoms. The third kappa shape index (κ3) is 5.57. The number of aromatic nitrogens is 2. The van der Waals surface area contributed by atoms with E-state index in [1.807, 2.05) is 19.1 Å². The Kier molecular flexibility index (Phi) is 7.35. The van der Waals surface area contributed by atoms with Gasteiger partial charge in [-0.1, -0.05) is 17.3 Å². The number of carbonyl (C=O) groups excluding carboxylic acids is 2. The molecule has 2 aromatic carbocycles. The summed E-state index contributed by atoms with van der Waals surface area (Å²) in [4.78, 5) is 32.3. The minimum atomic E-state index is -0.290. The monoisotopic (exact) mass is 438 g/mol. The fourth-order valence-corrected chi connectivity index (χ4v) is 3.24. The van der Waals surface area contributed by atoms with Gasteiger partial charge in [0.2, 0.25) is 17.6 Å². The molecular weight excluding hydrogens is 411 g/mol. The van der Waals surface area contributed by atoms with Crippen molar-refractivity contribution in [1.82, 2.24) is 19.9 Å². The number of rotatable bonds is 8. The summed E-state index contributed by atoms with van der Waals surface area (Å²) in [6, 6.07) is 11.9. The van der Waals surface area contributed by atoms with Crippen LogP contribution in [0.4, 0.5) is 4.39 Å². The zero-order chi connectivity index (χ0) is 23.3. The summed E-state index contributed by atoms with van der Waals surface area (Å²) in [6.07, 6.45) is 0.550. The highest BCUT2D eigenvalue weighted by atomic mass is 19.1. The second kappa shape index (κ2) is 10.2. The quantitative estimate of drug-likeness (QED) is 0.534. The fourth-order valence-electron chi connectivity index (χ4n) is 3.24. The summed E-state index contributed by atoms with van der Waals surface area (Å²) in [6.45, 7) is 4.60. The van der Waals surface area contributed by atoms with Crippen LogP contribution in [0.15, 0.2) is 47.0 Å².